The van der Waals surface area contributed by atoms with E-state index in [1.165, 1.54) is 142 Å². The number of carbonyl (C=O) groups is 2. The Balaban J connectivity index is 3.39. The minimum Gasteiger partial charge on any atom is -0.466 e. The summed E-state index contributed by atoms with van der Waals surface area (Å²) in [6.45, 7) is 3.56. The average Bonchev–Trinajstić information content (AvgIpc) is 2.85. The van der Waals surface area contributed by atoms with Crippen LogP contribution in [0.25, 0.3) is 0 Å². The van der Waals surface area contributed by atoms with Gasteiger partial charge in [-0.05, 0) is 19.8 Å². The van der Waals surface area contributed by atoms with Crippen LogP contribution in [-0.2, 0) is 14.3 Å². The highest BCUT2D eigenvalue weighted by Gasteiger charge is 2.22. The molecule has 4 heteroatoms. The predicted octanol–water partition coefficient (Wildman–Crippen LogP) is 9.03. The number of Topliss-reactive ketones (excluding diaryl/α,β-unsaturated/α-hetero) is 1. The minimum absolute atomic E-state index is 0.0727. The Labute approximate surface area is 217 Å². The van der Waals surface area contributed by atoms with Crippen molar-refractivity contribution in [3.63, 3.8) is 0 Å². The van der Waals surface area contributed by atoms with Gasteiger partial charge in [0.1, 0.15) is 6.10 Å². The fourth-order valence-electron chi connectivity index (χ4n) is 4.65. The normalized spacial score (nSPS) is 12.6. The zero-order valence-corrected chi connectivity index (χ0v) is 23.6. The van der Waals surface area contributed by atoms with Gasteiger partial charge in [0.05, 0.1) is 12.7 Å². The number of esters is 1. The van der Waals surface area contributed by atoms with E-state index in [1.807, 2.05) is 0 Å². The number of ether oxygens (including phenoxy) is 1. The fourth-order valence-corrected chi connectivity index (χ4v) is 4.65. The molecule has 0 spiro atoms. The lowest BCUT2D eigenvalue weighted by Gasteiger charge is -2.10. The SMILES string of the molecule is CCCCCCCCCCCCCCCCCCCCCCCC/C=C(/C(=O)OC)[C@@H](O)C(C)=O. The Morgan fingerprint density at radius 2 is 0.943 bits per heavy atom. The zero-order valence-electron chi connectivity index (χ0n) is 23.6. The average molecular weight is 495 g/mol. The second-order valence-electron chi connectivity index (χ2n) is 10.4. The summed E-state index contributed by atoms with van der Waals surface area (Å²) in [7, 11) is 1.27. The molecule has 4 nitrogen and oxygen atoms in total. The van der Waals surface area contributed by atoms with Gasteiger partial charge in [-0.15, -0.1) is 0 Å². The Morgan fingerprint density at radius 1 is 0.629 bits per heavy atom. The molecule has 0 fully saturated rings. The molecule has 0 saturated carbocycles. The van der Waals surface area contributed by atoms with Crippen molar-refractivity contribution >= 4 is 11.8 Å². The van der Waals surface area contributed by atoms with Crippen LogP contribution in [0.3, 0.4) is 0 Å². The van der Waals surface area contributed by atoms with Crippen LogP contribution in [0.1, 0.15) is 162 Å². The van der Waals surface area contributed by atoms with Gasteiger partial charge >= 0.3 is 5.97 Å². The molecular weight excluding hydrogens is 436 g/mol. The molecule has 1 N–H and O–H groups in total. The van der Waals surface area contributed by atoms with E-state index in [2.05, 4.69) is 11.7 Å². The topological polar surface area (TPSA) is 63.6 Å². The summed E-state index contributed by atoms with van der Waals surface area (Å²) in [4.78, 5) is 23.0. The molecule has 1 atom stereocenters. The van der Waals surface area contributed by atoms with Crippen LogP contribution in [0.4, 0.5) is 0 Å². The molecular formula is C31H58O4. The molecule has 0 heterocycles. The fraction of sp³-hybridized carbons (Fsp3) is 0.871. The number of rotatable bonds is 26. The summed E-state index contributed by atoms with van der Waals surface area (Å²) < 4.78 is 4.67. The summed E-state index contributed by atoms with van der Waals surface area (Å²) in [5.74, 6) is -1.05. The van der Waals surface area contributed by atoms with Gasteiger partial charge in [0, 0.05) is 0 Å². The number of allylic oxidation sites excluding steroid dienone is 1. The van der Waals surface area contributed by atoms with Gasteiger partial charge in [-0.25, -0.2) is 4.79 Å². The van der Waals surface area contributed by atoms with Crippen molar-refractivity contribution in [1.29, 1.82) is 0 Å². The molecule has 0 rings (SSSR count). The molecule has 0 amide bonds. The second-order valence-corrected chi connectivity index (χ2v) is 10.4. The highest BCUT2D eigenvalue weighted by Crippen LogP contribution is 2.16. The Kier molecular flexibility index (Phi) is 25.1. The molecule has 0 saturated heterocycles. The minimum atomic E-state index is -1.37. The Bertz CT molecular complexity index is 526. The number of ketones is 1. The molecule has 0 aliphatic rings. The van der Waals surface area contributed by atoms with Crippen LogP contribution in [0.15, 0.2) is 11.6 Å². The lowest BCUT2D eigenvalue weighted by Crippen LogP contribution is -2.25. The molecule has 0 bridgehead atoms. The molecule has 206 valence electrons. The molecule has 0 aromatic rings. The van der Waals surface area contributed by atoms with Gasteiger partial charge in [-0.2, -0.15) is 0 Å². The first-order valence-electron chi connectivity index (χ1n) is 15.0. The van der Waals surface area contributed by atoms with Crippen molar-refractivity contribution in [2.75, 3.05) is 7.11 Å². The van der Waals surface area contributed by atoms with Crippen LogP contribution in [0.2, 0.25) is 0 Å². The van der Waals surface area contributed by atoms with E-state index < -0.39 is 17.9 Å². The monoisotopic (exact) mass is 494 g/mol. The van der Waals surface area contributed by atoms with Gasteiger partial charge in [0.2, 0.25) is 0 Å². The third kappa shape index (κ3) is 21.8. The van der Waals surface area contributed by atoms with Gasteiger partial charge in [0.25, 0.3) is 0 Å². The molecule has 35 heavy (non-hydrogen) atoms. The number of aliphatic hydroxyl groups is 1. The number of aliphatic hydroxyl groups excluding tert-OH is 1. The molecule has 0 unspecified atom stereocenters. The van der Waals surface area contributed by atoms with E-state index in [4.69, 9.17) is 0 Å². The summed E-state index contributed by atoms with van der Waals surface area (Å²) >= 11 is 0. The summed E-state index contributed by atoms with van der Waals surface area (Å²) in [6.07, 6.45) is 30.9. The Hall–Kier alpha value is -1.16. The van der Waals surface area contributed by atoms with Gasteiger partial charge < -0.3 is 9.84 Å². The lowest BCUT2D eigenvalue weighted by molar-refractivity contribution is -0.139. The first-order chi connectivity index (χ1) is 17.0. The number of hydrogen-bond donors (Lipinski definition) is 1. The standard InChI is InChI=1S/C31H58O4/c1-4-5-6-7-8-9-10-11-12-13-14-15-16-17-18-19-20-21-22-23-24-25-26-27-29(31(34)35-3)30(33)28(2)32/h27,30,33H,4-26H2,1-3H3/b29-27+/t30-/m0/s1. The third-order valence-electron chi connectivity index (χ3n) is 7.02. The summed E-state index contributed by atoms with van der Waals surface area (Å²) in [5, 5.41) is 9.85. The maximum Gasteiger partial charge on any atom is 0.336 e. The lowest BCUT2D eigenvalue weighted by atomic mass is 10.0. The van der Waals surface area contributed by atoms with Crippen LogP contribution in [0.5, 0.6) is 0 Å². The number of methoxy groups -OCH3 is 1. The number of carbonyl (C=O) groups excluding carboxylic acids is 2. The summed E-state index contributed by atoms with van der Waals surface area (Å²) in [5.41, 5.74) is 0.0727. The molecule has 0 aliphatic carbocycles. The largest absolute Gasteiger partial charge is 0.466 e. The van der Waals surface area contributed by atoms with Gasteiger partial charge in [-0.3, -0.25) is 4.79 Å². The van der Waals surface area contributed by atoms with Crippen molar-refractivity contribution in [2.45, 2.75) is 168 Å². The van der Waals surface area contributed by atoms with Crippen molar-refractivity contribution in [1.82, 2.24) is 0 Å². The second kappa shape index (κ2) is 25.9. The van der Waals surface area contributed by atoms with Crippen LogP contribution >= 0.6 is 0 Å². The van der Waals surface area contributed by atoms with E-state index in [1.54, 1.807) is 6.08 Å². The maximum atomic E-state index is 11.7. The highest BCUT2D eigenvalue weighted by atomic mass is 16.5. The Morgan fingerprint density at radius 3 is 1.23 bits per heavy atom. The molecule has 0 aliphatic heterocycles. The molecule has 0 radical (unpaired) electrons. The first kappa shape index (κ1) is 33.8. The van der Waals surface area contributed by atoms with Gasteiger partial charge in [0.15, 0.2) is 5.78 Å². The van der Waals surface area contributed by atoms with Gasteiger partial charge in [-0.1, -0.05) is 148 Å². The van der Waals surface area contributed by atoms with Crippen LogP contribution in [0, 0.1) is 0 Å². The predicted molar refractivity (Wildman–Crippen MR) is 149 cm³/mol. The van der Waals surface area contributed by atoms with Crippen molar-refractivity contribution < 1.29 is 19.4 Å². The number of unbranched alkanes of at least 4 members (excludes halogenated alkanes) is 22. The molecule has 0 aromatic carbocycles. The third-order valence-corrected chi connectivity index (χ3v) is 7.02. The van der Waals surface area contributed by atoms with E-state index >= 15 is 0 Å². The van der Waals surface area contributed by atoms with E-state index in [-0.39, 0.29) is 5.57 Å². The van der Waals surface area contributed by atoms with E-state index in [0.29, 0.717) is 6.42 Å². The van der Waals surface area contributed by atoms with Crippen molar-refractivity contribution in [2.24, 2.45) is 0 Å². The smallest absolute Gasteiger partial charge is 0.336 e. The van der Waals surface area contributed by atoms with Crippen molar-refractivity contribution in [3.05, 3.63) is 11.6 Å². The van der Waals surface area contributed by atoms with E-state index in [0.717, 1.165) is 12.8 Å². The summed E-state index contributed by atoms with van der Waals surface area (Å²) in [6, 6.07) is 0. The van der Waals surface area contributed by atoms with E-state index in [9.17, 15) is 14.7 Å². The zero-order chi connectivity index (χ0) is 26.0. The van der Waals surface area contributed by atoms with Crippen LogP contribution < -0.4 is 0 Å². The first-order valence-corrected chi connectivity index (χ1v) is 15.0. The maximum absolute atomic E-state index is 11.7. The van der Waals surface area contributed by atoms with Crippen LogP contribution in [-0.4, -0.2) is 30.1 Å². The molecule has 0 aromatic heterocycles. The number of hydrogen-bond acceptors (Lipinski definition) is 4. The highest BCUT2D eigenvalue weighted by molar-refractivity contribution is 5.98. The van der Waals surface area contributed by atoms with Crippen molar-refractivity contribution in [3.8, 4) is 0 Å². The quantitative estimate of drug-likeness (QED) is 0.0740.